The van der Waals surface area contributed by atoms with Gasteiger partial charge in [-0.2, -0.15) is 10.2 Å². The van der Waals surface area contributed by atoms with E-state index in [1.807, 2.05) is 51.1 Å². The van der Waals surface area contributed by atoms with Crippen molar-refractivity contribution in [3.63, 3.8) is 0 Å². The minimum Gasteiger partial charge on any atom is -0.266 e. The summed E-state index contributed by atoms with van der Waals surface area (Å²) in [6, 6.07) is 17.0. The number of para-hydroxylation sites is 1. The van der Waals surface area contributed by atoms with Crippen molar-refractivity contribution in [2.75, 3.05) is 0 Å². The molecule has 0 radical (unpaired) electrons. The molecule has 0 saturated carbocycles. The van der Waals surface area contributed by atoms with Crippen LogP contribution in [0.15, 0.2) is 65.8 Å². The summed E-state index contributed by atoms with van der Waals surface area (Å²) < 4.78 is 1.59. The molecular weight excluding hydrogens is 370 g/mol. The van der Waals surface area contributed by atoms with Crippen molar-refractivity contribution < 1.29 is 9.72 Å². The molecule has 2 aromatic carbocycles. The van der Waals surface area contributed by atoms with E-state index in [0.29, 0.717) is 11.3 Å². The zero-order valence-corrected chi connectivity index (χ0v) is 16.4. The van der Waals surface area contributed by atoms with Crippen molar-refractivity contribution >= 4 is 17.8 Å². The SMILES string of the molecule is CC(C)(C)c1cc(C(=O)N/N=C\c2ccc([N+](=O)[O-])cc2)n(-c2ccccc2)n1. The number of nitrogens with zero attached hydrogens (tertiary/aromatic N) is 4. The molecule has 1 amide bonds. The lowest BCUT2D eigenvalue weighted by Gasteiger charge is -2.14. The van der Waals surface area contributed by atoms with Gasteiger partial charge in [-0.15, -0.1) is 0 Å². The maximum absolute atomic E-state index is 12.7. The Labute approximate surface area is 168 Å². The number of nitro groups is 1. The summed E-state index contributed by atoms with van der Waals surface area (Å²) in [7, 11) is 0. The van der Waals surface area contributed by atoms with Gasteiger partial charge in [0.05, 0.1) is 22.5 Å². The summed E-state index contributed by atoms with van der Waals surface area (Å²) in [5.41, 5.74) is 4.81. The standard InChI is InChI=1S/C21H21N5O3/c1-21(2,3)19-13-18(25(24-19)16-7-5-4-6-8-16)20(27)23-22-14-15-9-11-17(12-10-15)26(28)29/h4-14H,1-3H3,(H,23,27)/b22-14-. The van der Waals surface area contributed by atoms with Crippen molar-refractivity contribution in [2.24, 2.45) is 5.10 Å². The van der Waals surface area contributed by atoms with E-state index in [4.69, 9.17) is 0 Å². The molecule has 0 aliphatic carbocycles. The van der Waals surface area contributed by atoms with Crippen LogP contribution in [0.2, 0.25) is 0 Å². The van der Waals surface area contributed by atoms with E-state index in [1.165, 1.54) is 18.3 Å². The molecule has 0 atom stereocenters. The van der Waals surface area contributed by atoms with Crippen LogP contribution in [0.25, 0.3) is 5.69 Å². The summed E-state index contributed by atoms with van der Waals surface area (Å²) in [5, 5.41) is 19.3. The van der Waals surface area contributed by atoms with Crippen molar-refractivity contribution in [1.82, 2.24) is 15.2 Å². The van der Waals surface area contributed by atoms with Crippen molar-refractivity contribution in [3.8, 4) is 5.69 Å². The number of hydrogen-bond acceptors (Lipinski definition) is 5. The molecule has 0 unspecified atom stereocenters. The first-order valence-electron chi connectivity index (χ1n) is 8.99. The highest BCUT2D eigenvalue weighted by Crippen LogP contribution is 2.23. The topological polar surface area (TPSA) is 102 Å². The van der Waals surface area contributed by atoms with E-state index >= 15 is 0 Å². The normalized spacial score (nSPS) is 11.6. The number of rotatable bonds is 5. The Morgan fingerprint density at radius 1 is 1.14 bits per heavy atom. The average molecular weight is 391 g/mol. The third kappa shape index (κ3) is 4.73. The van der Waals surface area contributed by atoms with E-state index in [0.717, 1.165) is 11.4 Å². The number of hydrogen-bond donors (Lipinski definition) is 1. The Morgan fingerprint density at radius 3 is 2.38 bits per heavy atom. The lowest BCUT2D eigenvalue weighted by molar-refractivity contribution is -0.384. The van der Waals surface area contributed by atoms with Crippen LogP contribution in [-0.4, -0.2) is 26.8 Å². The highest BCUT2D eigenvalue weighted by Gasteiger charge is 2.23. The van der Waals surface area contributed by atoms with Crippen LogP contribution in [-0.2, 0) is 5.41 Å². The molecule has 8 heteroatoms. The Balaban J connectivity index is 1.82. The van der Waals surface area contributed by atoms with Crippen molar-refractivity contribution in [1.29, 1.82) is 0 Å². The van der Waals surface area contributed by atoms with E-state index in [9.17, 15) is 14.9 Å². The number of carbonyl (C=O) groups excluding carboxylic acids is 1. The zero-order valence-electron chi connectivity index (χ0n) is 16.4. The van der Waals surface area contributed by atoms with E-state index in [2.05, 4.69) is 15.6 Å². The summed E-state index contributed by atoms with van der Waals surface area (Å²) in [6.45, 7) is 6.08. The van der Waals surface area contributed by atoms with Gasteiger partial charge in [0.1, 0.15) is 5.69 Å². The molecule has 0 aliphatic heterocycles. The number of amides is 1. The van der Waals surface area contributed by atoms with E-state index in [-0.39, 0.29) is 11.1 Å². The van der Waals surface area contributed by atoms with Gasteiger partial charge in [0.2, 0.25) is 0 Å². The molecule has 148 valence electrons. The van der Waals surface area contributed by atoms with Gasteiger partial charge >= 0.3 is 0 Å². The lowest BCUT2D eigenvalue weighted by Crippen LogP contribution is -2.21. The Morgan fingerprint density at radius 2 is 1.79 bits per heavy atom. The molecule has 0 spiro atoms. The van der Waals surface area contributed by atoms with Gasteiger partial charge in [0.25, 0.3) is 11.6 Å². The summed E-state index contributed by atoms with van der Waals surface area (Å²) in [5.74, 6) is -0.407. The number of aromatic nitrogens is 2. The summed E-state index contributed by atoms with van der Waals surface area (Å²) >= 11 is 0. The molecular formula is C21H21N5O3. The van der Waals surface area contributed by atoms with Crippen molar-refractivity contribution in [2.45, 2.75) is 26.2 Å². The van der Waals surface area contributed by atoms with Gasteiger partial charge in [-0.1, -0.05) is 39.0 Å². The van der Waals surface area contributed by atoms with Gasteiger partial charge in [-0.25, -0.2) is 10.1 Å². The minimum atomic E-state index is -0.472. The quantitative estimate of drug-likeness (QED) is 0.405. The molecule has 0 saturated heterocycles. The maximum Gasteiger partial charge on any atom is 0.290 e. The molecule has 3 rings (SSSR count). The molecule has 1 heterocycles. The fourth-order valence-corrected chi connectivity index (χ4v) is 2.58. The molecule has 1 N–H and O–H groups in total. The van der Waals surface area contributed by atoms with E-state index in [1.54, 1.807) is 22.9 Å². The number of carbonyl (C=O) groups is 1. The smallest absolute Gasteiger partial charge is 0.266 e. The van der Waals surface area contributed by atoms with Crippen molar-refractivity contribution in [3.05, 3.63) is 87.7 Å². The number of nitro benzene ring substituents is 1. The van der Waals surface area contributed by atoms with Crippen LogP contribution in [0.4, 0.5) is 5.69 Å². The third-order valence-corrected chi connectivity index (χ3v) is 4.19. The minimum absolute atomic E-state index is 0.00680. The molecule has 0 bridgehead atoms. The first-order chi connectivity index (χ1) is 13.8. The van der Waals surface area contributed by atoms with Gasteiger partial charge in [0.15, 0.2) is 0 Å². The molecule has 0 aliphatic rings. The van der Waals surface area contributed by atoms with Crippen LogP contribution >= 0.6 is 0 Å². The monoisotopic (exact) mass is 391 g/mol. The highest BCUT2D eigenvalue weighted by molar-refractivity contribution is 5.94. The van der Waals surface area contributed by atoms with Gasteiger partial charge in [-0.3, -0.25) is 14.9 Å². The zero-order chi connectivity index (χ0) is 21.0. The highest BCUT2D eigenvalue weighted by atomic mass is 16.6. The predicted octanol–water partition coefficient (Wildman–Crippen LogP) is 3.84. The Hall–Kier alpha value is -3.81. The van der Waals surface area contributed by atoms with Crippen LogP contribution < -0.4 is 5.43 Å². The Kier molecular flexibility index (Phi) is 5.54. The summed E-state index contributed by atoms with van der Waals surface area (Å²) in [4.78, 5) is 23.0. The molecule has 3 aromatic rings. The van der Waals surface area contributed by atoms with Crippen LogP contribution in [0, 0.1) is 10.1 Å². The van der Waals surface area contributed by atoms with Gasteiger partial charge in [0, 0.05) is 17.5 Å². The average Bonchev–Trinajstić information content (AvgIpc) is 3.15. The molecule has 0 fully saturated rings. The van der Waals surface area contributed by atoms with Crippen LogP contribution in [0.1, 0.15) is 42.5 Å². The lowest BCUT2D eigenvalue weighted by atomic mass is 9.92. The van der Waals surface area contributed by atoms with E-state index < -0.39 is 10.8 Å². The van der Waals surface area contributed by atoms with Gasteiger partial charge in [-0.05, 0) is 35.9 Å². The maximum atomic E-state index is 12.7. The molecule has 8 nitrogen and oxygen atoms in total. The predicted molar refractivity (Wildman–Crippen MR) is 110 cm³/mol. The number of hydrazone groups is 1. The number of benzene rings is 2. The fourth-order valence-electron chi connectivity index (χ4n) is 2.58. The first-order valence-corrected chi connectivity index (χ1v) is 8.99. The van der Waals surface area contributed by atoms with Crippen LogP contribution in [0.5, 0.6) is 0 Å². The number of non-ortho nitro benzene ring substituents is 1. The first kappa shape index (κ1) is 19.9. The third-order valence-electron chi connectivity index (χ3n) is 4.19. The van der Waals surface area contributed by atoms with Gasteiger partial charge < -0.3 is 0 Å². The number of nitrogens with one attached hydrogen (secondary N) is 1. The molecule has 1 aromatic heterocycles. The summed E-state index contributed by atoms with van der Waals surface area (Å²) in [6.07, 6.45) is 1.43. The fraction of sp³-hybridized carbons (Fsp3) is 0.190. The molecule has 29 heavy (non-hydrogen) atoms. The second kappa shape index (κ2) is 8.05. The second-order valence-corrected chi connectivity index (χ2v) is 7.46. The van der Waals surface area contributed by atoms with Crippen LogP contribution in [0.3, 0.4) is 0 Å². The second-order valence-electron chi connectivity index (χ2n) is 7.46. The Bertz CT molecular complexity index is 1050. The largest absolute Gasteiger partial charge is 0.290 e.